The molecule has 0 saturated carbocycles. The van der Waals surface area contributed by atoms with Gasteiger partial charge >= 0.3 is 5.97 Å². The van der Waals surface area contributed by atoms with Gasteiger partial charge in [0.25, 0.3) is 0 Å². The third-order valence-electron chi connectivity index (χ3n) is 3.01. The molecule has 2 aromatic rings. The summed E-state index contributed by atoms with van der Waals surface area (Å²) in [5, 5.41) is 21.5. The Labute approximate surface area is 126 Å². The molecular weight excluding hydrogens is 288 g/mol. The summed E-state index contributed by atoms with van der Waals surface area (Å²) in [6.45, 7) is 0. The number of pyridine rings is 1. The normalized spacial score (nSPS) is 11.1. The maximum atomic E-state index is 11.0. The average Bonchev–Trinajstić information content (AvgIpc) is 2.55. The van der Waals surface area contributed by atoms with Crippen molar-refractivity contribution in [2.24, 2.45) is 5.16 Å². The number of aromatic nitrogens is 1. The van der Waals surface area contributed by atoms with Gasteiger partial charge in [-0.1, -0.05) is 5.16 Å². The number of oxime groups is 1. The molecule has 0 bridgehead atoms. The highest BCUT2D eigenvalue weighted by Gasteiger charge is 2.15. The first-order valence-electron chi connectivity index (χ1n) is 6.25. The maximum absolute atomic E-state index is 11.0. The number of methoxy groups -OCH3 is 2. The van der Waals surface area contributed by atoms with E-state index in [2.05, 4.69) is 10.1 Å². The Kier molecular flexibility index (Phi) is 4.57. The third kappa shape index (κ3) is 2.98. The molecule has 0 aliphatic rings. The van der Waals surface area contributed by atoms with Crippen LogP contribution < -0.4 is 9.47 Å². The number of hydrogen-bond donors (Lipinski definition) is 2. The summed E-state index contributed by atoms with van der Waals surface area (Å²) in [6.07, 6.45) is 1.34. The Balaban J connectivity index is 2.49. The summed E-state index contributed by atoms with van der Waals surface area (Å²) in [5.41, 5.74) is 0.917. The fraction of sp³-hybridized carbons (Fsp3) is 0.133. The Bertz CT molecular complexity index is 728. The first-order valence-corrected chi connectivity index (χ1v) is 6.25. The molecule has 1 aromatic carbocycles. The summed E-state index contributed by atoms with van der Waals surface area (Å²) >= 11 is 0. The van der Waals surface area contributed by atoms with Crippen LogP contribution in [-0.4, -0.2) is 41.2 Å². The topological polar surface area (TPSA) is 101 Å². The van der Waals surface area contributed by atoms with Crippen molar-refractivity contribution in [1.29, 1.82) is 0 Å². The average molecular weight is 302 g/mol. The number of nitrogens with zero attached hydrogens (tertiary/aromatic N) is 2. The van der Waals surface area contributed by atoms with Crippen molar-refractivity contribution < 1.29 is 24.6 Å². The number of ether oxygens (including phenoxy) is 2. The molecule has 7 heteroatoms. The van der Waals surface area contributed by atoms with Crippen molar-refractivity contribution in [3.63, 3.8) is 0 Å². The highest BCUT2D eigenvalue weighted by molar-refractivity contribution is 6.12. The zero-order valence-corrected chi connectivity index (χ0v) is 12.0. The van der Waals surface area contributed by atoms with Crippen molar-refractivity contribution >= 4 is 11.7 Å². The summed E-state index contributed by atoms with van der Waals surface area (Å²) in [7, 11) is 3.00. The van der Waals surface area contributed by atoms with E-state index < -0.39 is 5.97 Å². The highest BCUT2D eigenvalue weighted by Crippen LogP contribution is 2.28. The maximum Gasteiger partial charge on any atom is 0.335 e. The third-order valence-corrected chi connectivity index (χ3v) is 3.01. The van der Waals surface area contributed by atoms with E-state index in [0.717, 1.165) is 0 Å². The van der Waals surface area contributed by atoms with E-state index in [9.17, 15) is 10.0 Å². The van der Waals surface area contributed by atoms with Gasteiger partial charge < -0.3 is 19.8 Å². The van der Waals surface area contributed by atoms with Gasteiger partial charge in [0.05, 0.1) is 25.5 Å². The molecule has 7 nitrogen and oxygen atoms in total. The standard InChI is InChI=1S/C15H14N2O5/c1-21-12-4-3-9(8-13(12)22-2)14(17-20)11-7-10(15(18)19)5-6-16-11/h3-8,20H,1-2H3,(H,18,19). The van der Waals surface area contributed by atoms with E-state index in [1.165, 1.54) is 32.5 Å². The summed E-state index contributed by atoms with van der Waals surface area (Å²) < 4.78 is 10.3. The van der Waals surface area contributed by atoms with Crippen LogP contribution in [0.5, 0.6) is 11.5 Å². The van der Waals surface area contributed by atoms with Crippen molar-refractivity contribution in [2.75, 3.05) is 14.2 Å². The second kappa shape index (κ2) is 6.57. The second-order valence-corrected chi connectivity index (χ2v) is 4.25. The smallest absolute Gasteiger partial charge is 0.335 e. The monoisotopic (exact) mass is 302 g/mol. The van der Waals surface area contributed by atoms with Gasteiger partial charge in [0.15, 0.2) is 11.5 Å². The molecule has 0 aliphatic heterocycles. The van der Waals surface area contributed by atoms with E-state index in [0.29, 0.717) is 17.1 Å². The summed E-state index contributed by atoms with van der Waals surface area (Å²) in [5.74, 6) is -0.112. The minimum absolute atomic E-state index is 0.0478. The number of aromatic carboxylic acids is 1. The lowest BCUT2D eigenvalue weighted by molar-refractivity contribution is 0.0696. The van der Waals surface area contributed by atoms with E-state index in [1.807, 2.05) is 0 Å². The number of carboxylic acid groups (broad SMARTS) is 1. The largest absolute Gasteiger partial charge is 0.493 e. The van der Waals surface area contributed by atoms with Gasteiger partial charge in [-0.05, 0) is 30.3 Å². The lowest BCUT2D eigenvalue weighted by Crippen LogP contribution is -2.08. The van der Waals surface area contributed by atoms with Crippen LogP contribution in [0, 0.1) is 0 Å². The SMILES string of the molecule is COc1ccc(C(=NO)c2cc(C(=O)O)ccn2)cc1OC. The first-order chi connectivity index (χ1) is 10.6. The number of benzene rings is 1. The molecule has 0 amide bonds. The zero-order chi connectivity index (χ0) is 16.1. The Morgan fingerprint density at radius 3 is 2.41 bits per heavy atom. The Hall–Kier alpha value is -3.09. The molecule has 0 spiro atoms. The molecule has 2 N–H and O–H groups in total. The zero-order valence-electron chi connectivity index (χ0n) is 12.0. The van der Waals surface area contributed by atoms with Gasteiger partial charge in [-0.2, -0.15) is 0 Å². The number of rotatable bonds is 5. The van der Waals surface area contributed by atoms with E-state index >= 15 is 0 Å². The van der Waals surface area contributed by atoms with Gasteiger partial charge in [0.1, 0.15) is 5.71 Å². The fourth-order valence-corrected chi connectivity index (χ4v) is 1.93. The molecule has 1 aromatic heterocycles. The Morgan fingerprint density at radius 2 is 1.82 bits per heavy atom. The number of carbonyl (C=O) groups is 1. The van der Waals surface area contributed by atoms with Crippen LogP contribution in [0.4, 0.5) is 0 Å². The summed E-state index contributed by atoms with van der Waals surface area (Å²) in [4.78, 5) is 15.1. The van der Waals surface area contributed by atoms with Crippen molar-refractivity contribution in [3.8, 4) is 11.5 Å². The van der Waals surface area contributed by atoms with Crippen molar-refractivity contribution in [2.45, 2.75) is 0 Å². The van der Waals surface area contributed by atoms with Crippen molar-refractivity contribution in [3.05, 3.63) is 53.3 Å². The van der Waals surface area contributed by atoms with Crippen molar-refractivity contribution in [1.82, 2.24) is 4.98 Å². The van der Waals surface area contributed by atoms with Crippen LogP contribution in [0.15, 0.2) is 41.7 Å². The number of carboxylic acids is 1. The van der Waals surface area contributed by atoms with Gasteiger partial charge in [-0.15, -0.1) is 0 Å². The fourth-order valence-electron chi connectivity index (χ4n) is 1.93. The minimum atomic E-state index is -1.09. The molecule has 2 rings (SSSR count). The molecular formula is C15H14N2O5. The number of hydrogen-bond acceptors (Lipinski definition) is 6. The molecule has 1 heterocycles. The molecule has 0 radical (unpaired) electrons. The molecule has 22 heavy (non-hydrogen) atoms. The lowest BCUT2D eigenvalue weighted by Gasteiger charge is -2.10. The lowest BCUT2D eigenvalue weighted by atomic mass is 10.0. The quantitative estimate of drug-likeness (QED) is 0.498. The molecule has 0 fully saturated rings. The molecule has 0 aliphatic carbocycles. The van der Waals surface area contributed by atoms with Gasteiger partial charge in [0, 0.05) is 11.8 Å². The van der Waals surface area contributed by atoms with Crippen LogP contribution in [-0.2, 0) is 0 Å². The predicted octanol–water partition coefficient (Wildman–Crippen LogP) is 2.02. The Morgan fingerprint density at radius 1 is 1.09 bits per heavy atom. The summed E-state index contributed by atoms with van der Waals surface area (Å²) in [6, 6.07) is 7.61. The van der Waals surface area contributed by atoms with Crippen LogP contribution in [0.2, 0.25) is 0 Å². The van der Waals surface area contributed by atoms with Gasteiger partial charge in [0.2, 0.25) is 0 Å². The van der Waals surface area contributed by atoms with Gasteiger partial charge in [-0.25, -0.2) is 4.79 Å². The molecule has 0 atom stereocenters. The minimum Gasteiger partial charge on any atom is -0.493 e. The van der Waals surface area contributed by atoms with Crippen LogP contribution in [0.25, 0.3) is 0 Å². The van der Waals surface area contributed by atoms with E-state index in [-0.39, 0.29) is 17.0 Å². The predicted molar refractivity (Wildman–Crippen MR) is 78.2 cm³/mol. The van der Waals surface area contributed by atoms with E-state index in [4.69, 9.17) is 14.6 Å². The first kappa shape index (κ1) is 15.3. The van der Waals surface area contributed by atoms with Crippen LogP contribution >= 0.6 is 0 Å². The molecule has 0 saturated heterocycles. The van der Waals surface area contributed by atoms with E-state index in [1.54, 1.807) is 18.2 Å². The van der Waals surface area contributed by atoms with Gasteiger partial charge in [-0.3, -0.25) is 4.98 Å². The molecule has 0 unspecified atom stereocenters. The molecule has 114 valence electrons. The highest BCUT2D eigenvalue weighted by atomic mass is 16.5. The second-order valence-electron chi connectivity index (χ2n) is 4.25. The van der Waals surface area contributed by atoms with Crippen LogP contribution in [0.1, 0.15) is 21.6 Å². The van der Waals surface area contributed by atoms with Crippen LogP contribution in [0.3, 0.4) is 0 Å².